The van der Waals surface area contributed by atoms with E-state index in [9.17, 15) is 0 Å². The molecule has 2 aromatic heterocycles. The molecule has 2 heterocycles. The lowest BCUT2D eigenvalue weighted by Gasteiger charge is -1.96. The lowest BCUT2D eigenvalue weighted by atomic mass is 10.3. The van der Waals surface area contributed by atoms with Gasteiger partial charge >= 0.3 is 0 Å². The number of nitrogens with two attached hydrogens (primary N) is 1. The van der Waals surface area contributed by atoms with E-state index in [0.29, 0.717) is 17.3 Å². The summed E-state index contributed by atoms with van der Waals surface area (Å²) in [6, 6.07) is 0. The van der Waals surface area contributed by atoms with Crippen molar-refractivity contribution in [2.45, 2.75) is 19.8 Å². The SMILES string of the molecule is CCCc1nc(-c2nccnc2N)n[nH]1. The van der Waals surface area contributed by atoms with Gasteiger partial charge in [0.05, 0.1) is 0 Å². The van der Waals surface area contributed by atoms with Crippen molar-refractivity contribution >= 4 is 5.82 Å². The molecule has 0 aliphatic carbocycles. The molecule has 0 aliphatic rings. The number of anilines is 1. The molecule has 3 N–H and O–H groups in total. The smallest absolute Gasteiger partial charge is 0.203 e. The summed E-state index contributed by atoms with van der Waals surface area (Å²) in [4.78, 5) is 12.3. The topological polar surface area (TPSA) is 93.4 Å². The summed E-state index contributed by atoms with van der Waals surface area (Å²) >= 11 is 0. The van der Waals surface area contributed by atoms with Crippen LogP contribution >= 0.6 is 0 Å². The van der Waals surface area contributed by atoms with Crippen LogP contribution in [0.5, 0.6) is 0 Å². The first kappa shape index (κ1) is 9.57. The number of hydrogen-bond donors (Lipinski definition) is 2. The summed E-state index contributed by atoms with van der Waals surface area (Å²) in [7, 11) is 0. The Morgan fingerprint density at radius 3 is 2.87 bits per heavy atom. The number of aryl methyl sites for hydroxylation is 1. The van der Waals surface area contributed by atoms with Gasteiger partial charge in [0.25, 0.3) is 0 Å². The Balaban J connectivity index is 2.33. The maximum atomic E-state index is 5.67. The van der Waals surface area contributed by atoms with Crippen molar-refractivity contribution in [2.24, 2.45) is 0 Å². The third kappa shape index (κ3) is 1.93. The summed E-state index contributed by atoms with van der Waals surface area (Å²) in [6.45, 7) is 2.08. The van der Waals surface area contributed by atoms with E-state index in [1.165, 1.54) is 0 Å². The van der Waals surface area contributed by atoms with Gasteiger partial charge in [0.1, 0.15) is 5.82 Å². The largest absolute Gasteiger partial charge is 0.382 e. The number of nitrogens with zero attached hydrogens (tertiary/aromatic N) is 4. The van der Waals surface area contributed by atoms with Crippen molar-refractivity contribution in [1.29, 1.82) is 0 Å². The van der Waals surface area contributed by atoms with Gasteiger partial charge in [-0.3, -0.25) is 5.10 Å². The fraction of sp³-hybridized carbons (Fsp3) is 0.333. The average Bonchev–Trinajstić information content (AvgIpc) is 2.68. The maximum absolute atomic E-state index is 5.67. The highest BCUT2D eigenvalue weighted by atomic mass is 15.2. The van der Waals surface area contributed by atoms with Crippen molar-refractivity contribution in [3.05, 3.63) is 18.2 Å². The summed E-state index contributed by atoms with van der Waals surface area (Å²) in [5.41, 5.74) is 6.19. The summed E-state index contributed by atoms with van der Waals surface area (Å²) in [6.07, 6.45) is 5.00. The molecule has 6 heteroatoms. The second-order valence-corrected chi connectivity index (χ2v) is 3.15. The molecular formula is C9H12N6. The first-order valence-corrected chi connectivity index (χ1v) is 4.79. The van der Waals surface area contributed by atoms with E-state index >= 15 is 0 Å². The Morgan fingerprint density at radius 1 is 1.33 bits per heavy atom. The van der Waals surface area contributed by atoms with Crippen molar-refractivity contribution in [1.82, 2.24) is 25.1 Å². The van der Waals surface area contributed by atoms with Gasteiger partial charge in [-0.15, -0.1) is 0 Å². The van der Waals surface area contributed by atoms with Gasteiger partial charge in [-0.1, -0.05) is 6.92 Å². The van der Waals surface area contributed by atoms with Crippen molar-refractivity contribution in [2.75, 3.05) is 5.73 Å². The molecule has 0 saturated heterocycles. The van der Waals surface area contributed by atoms with E-state index in [4.69, 9.17) is 5.73 Å². The van der Waals surface area contributed by atoms with Crippen LogP contribution in [0.25, 0.3) is 11.5 Å². The number of aromatic amines is 1. The zero-order valence-corrected chi connectivity index (χ0v) is 8.44. The predicted molar refractivity (Wildman–Crippen MR) is 55.8 cm³/mol. The van der Waals surface area contributed by atoms with Gasteiger partial charge in [0.2, 0.25) is 5.82 Å². The molecule has 0 aliphatic heterocycles. The fourth-order valence-electron chi connectivity index (χ4n) is 1.27. The third-order valence-electron chi connectivity index (χ3n) is 1.96. The first-order valence-electron chi connectivity index (χ1n) is 4.79. The Kier molecular flexibility index (Phi) is 2.57. The molecule has 0 saturated carbocycles. The molecule has 0 amide bonds. The van der Waals surface area contributed by atoms with Crippen LogP contribution in [0.2, 0.25) is 0 Å². The van der Waals surface area contributed by atoms with E-state index in [0.717, 1.165) is 18.7 Å². The summed E-state index contributed by atoms with van der Waals surface area (Å²) in [5, 5.41) is 6.90. The molecular weight excluding hydrogens is 192 g/mol. The molecule has 0 unspecified atom stereocenters. The molecule has 0 spiro atoms. The molecule has 2 aromatic rings. The van der Waals surface area contributed by atoms with Gasteiger partial charge < -0.3 is 5.73 Å². The Bertz CT molecular complexity index is 449. The molecule has 2 rings (SSSR count). The standard InChI is InChI=1S/C9H12N6/c1-2-3-6-13-9(15-14-6)7-8(10)12-5-4-11-7/h4-5H,2-3H2,1H3,(H2,10,12)(H,13,14,15). The first-order chi connectivity index (χ1) is 7.31. The third-order valence-corrected chi connectivity index (χ3v) is 1.96. The molecule has 15 heavy (non-hydrogen) atoms. The van der Waals surface area contributed by atoms with Crippen LogP contribution in [0.1, 0.15) is 19.2 Å². The van der Waals surface area contributed by atoms with E-state index in [-0.39, 0.29) is 0 Å². The van der Waals surface area contributed by atoms with Gasteiger partial charge in [-0.25, -0.2) is 15.0 Å². The molecule has 0 fully saturated rings. The number of H-pyrrole nitrogens is 1. The van der Waals surface area contributed by atoms with Crippen LogP contribution < -0.4 is 5.73 Å². The second-order valence-electron chi connectivity index (χ2n) is 3.15. The van der Waals surface area contributed by atoms with Crippen LogP contribution in [-0.4, -0.2) is 25.1 Å². The van der Waals surface area contributed by atoms with Crippen LogP contribution in [-0.2, 0) is 6.42 Å². The Hall–Kier alpha value is -1.98. The lowest BCUT2D eigenvalue weighted by Crippen LogP contribution is -1.97. The quantitative estimate of drug-likeness (QED) is 0.771. The highest BCUT2D eigenvalue weighted by Crippen LogP contribution is 2.16. The highest BCUT2D eigenvalue weighted by Gasteiger charge is 2.10. The highest BCUT2D eigenvalue weighted by molar-refractivity contribution is 5.62. The van der Waals surface area contributed by atoms with E-state index in [1.54, 1.807) is 12.4 Å². The van der Waals surface area contributed by atoms with Crippen LogP contribution in [0.3, 0.4) is 0 Å². The zero-order valence-electron chi connectivity index (χ0n) is 8.44. The maximum Gasteiger partial charge on any atom is 0.203 e. The molecule has 6 nitrogen and oxygen atoms in total. The lowest BCUT2D eigenvalue weighted by molar-refractivity contribution is 0.841. The van der Waals surface area contributed by atoms with Crippen molar-refractivity contribution in [3.63, 3.8) is 0 Å². The van der Waals surface area contributed by atoms with E-state index in [2.05, 4.69) is 32.1 Å². The van der Waals surface area contributed by atoms with Gasteiger partial charge in [0, 0.05) is 18.8 Å². The number of nitrogen functional groups attached to an aromatic ring is 1. The van der Waals surface area contributed by atoms with Crippen molar-refractivity contribution < 1.29 is 0 Å². The minimum atomic E-state index is 0.347. The zero-order chi connectivity index (χ0) is 10.7. The Morgan fingerprint density at radius 2 is 2.13 bits per heavy atom. The summed E-state index contributed by atoms with van der Waals surface area (Å²) in [5.74, 6) is 1.70. The number of rotatable bonds is 3. The Labute approximate surface area is 87.0 Å². The minimum absolute atomic E-state index is 0.347. The summed E-state index contributed by atoms with van der Waals surface area (Å²) < 4.78 is 0. The molecule has 78 valence electrons. The normalized spacial score (nSPS) is 10.5. The molecule has 0 radical (unpaired) electrons. The number of nitrogens with one attached hydrogen (secondary N) is 1. The average molecular weight is 204 g/mol. The number of hydrogen-bond acceptors (Lipinski definition) is 5. The van der Waals surface area contributed by atoms with E-state index in [1.807, 2.05) is 0 Å². The molecule has 0 aromatic carbocycles. The van der Waals surface area contributed by atoms with Gasteiger partial charge in [-0.2, -0.15) is 5.10 Å². The van der Waals surface area contributed by atoms with Crippen molar-refractivity contribution in [3.8, 4) is 11.5 Å². The fourth-order valence-corrected chi connectivity index (χ4v) is 1.27. The molecule has 0 bridgehead atoms. The monoisotopic (exact) mass is 204 g/mol. The van der Waals surface area contributed by atoms with E-state index < -0.39 is 0 Å². The van der Waals surface area contributed by atoms with Gasteiger partial charge in [-0.05, 0) is 6.42 Å². The van der Waals surface area contributed by atoms with Crippen LogP contribution in [0, 0.1) is 0 Å². The van der Waals surface area contributed by atoms with Crippen LogP contribution in [0.4, 0.5) is 5.82 Å². The minimum Gasteiger partial charge on any atom is -0.382 e. The predicted octanol–water partition coefficient (Wildman–Crippen LogP) is 0.796. The molecule has 0 atom stereocenters. The van der Waals surface area contributed by atoms with Gasteiger partial charge in [0.15, 0.2) is 11.5 Å². The second kappa shape index (κ2) is 4.04. The number of aromatic nitrogens is 5. The van der Waals surface area contributed by atoms with Crippen LogP contribution in [0.15, 0.2) is 12.4 Å².